The highest BCUT2D eigenvalue weighted by atomic mass is 16.6. The maximum absolute atomic E-state index is 12.3. The maximum Gasteiger partial charge on any atom is 0.334 e. The van der Waals surface area contributed by atoms with Crippen LogP contribution in [-0.2, 0) is 25.6 Å². The topological polar surface area (TPSA) is 83.1 Å². The highest BCUT2D eigenvalue weighted by Gasteiger charge is 2.29. The molecule has 0 bridgehead atoms. The fourth-order valence-corrected chi connectivity index (χ4v) is 4.14. The second-order valence-electron chi connectivity index (χ2n) is 8.44. The lowest BCUT2D eigenvalue weighted by molar-refractivity contribution is -0.158. The van der Waals surface area contributed by atoms with E-state index >= 15 is 0 Å². The van der Waals surface area contributed by atoms with Crippen molar-refractivity contribution in [3.05, 3.63) is 82.9 Å². The third-order valence-corrected chi connectivity index (χ3v) is 6.07. The van der Waals surface area contributed by atoms with Crippen LogP contribution in [0.4, 0.5) is 0 Å². The van der Waals surface area contributed by atoms with Gasteiger partial charge in [-0.05, 0) is 60.7 Å². The summed E-state index contributed by atoms with van der Waals surface area (Å²) in [5.41, 5.74) is 6.17. The molecule has 1 N–H and O–H groups in total. The van der Waals surface area contributed by atoms with Crippen LogP contribution >= 0.6 is 0 Å². The van der Waals surface area contributed by atoms with E-state index in [0.717, 1.165) is 11.1 Å². The van der Waals surface area contributed by atoms with Crippen molar-refractivity contribution in [1.29, 1.82) is 0 Å². The predicted octanol–water partition coefficient (Wildman–Crippen LogP) is 5.43. The number of carbonyl (C=O) groups is 2. The van der Waals surface area contributed by atoms with Gasteiger partial charge in [-0.25, -0.2) is 9.59 Å². The average molecular weight is 518 g/mol. The largest absolute Gasteiger partial charge is 0.496 e. The molecule has 0 saturated carbocycles. The summed E-state index contributed by atoms with van der Waals surface area (Å²) in [4.78, 5) is 24.7. The molecule has 0 amide bonds. The Morgan fingerprint density at radius 1 is 0.842 bits per heavy atom. The third kappa shape index (κ3) is 7.01. The van der Waals surface area contributed by atoms with Crippen molar-refractivity contribution in [2.24, 2.45) is 0 Å². The molecule has 200 valence electrons. The fraction of sp³-hybridized carbons (Fsp3) is 0.290. The average Bonchev–Trinajstić information content (AvgIpc) is 2.93. The van der Waals surface area contributed by atoms with Gasteiger partial charge in [0, 0.05) is 12.1 Å². The van der Waals surface area contributed by atoms with E-state index < -0.39 is 18.0 Å². The Hall–Kier alpha value is -4.10. The maximum atomic E-state index is 12.3. The van der Waals surface area contributed by atoms with E-state index in [0.29, 0.717) is 17.1 Å². The summed E-state index contributed by atoms with van der Waals surface area (Å²) >= 11 is 0. The molecule has 0 unspecified atom stereocenters. The SMILES string of the molecule is CCOC(=O)C(NCc1c(OC)cc(/C=C/c2cccc(-c3ccccc3)c2C)cc1OC)C(=O)OCC. The van der Waals surface area contributed by atoms with E-state index in [4.69, 9.17) is 18.9 Å². The Morgan fingerprint density at radius 3 is 2.00 bits per heavy atom. The first-order valence-electron chi connectivity index (χ1n) is 12.6. The minimum absolute atomic E-state index is 0.122. The van der Waals surface area contributed by atoms with Crippen molar-refractivity contribution >= 4 is 24.1 Å². The summed E-state index contributed by atoms with van der Waals surface area (Å²) in [5, 5.41) is 2.93. The summed E-state index contributed by atoms with van der Waals surface area (Å²) in [6.07, 6.45) is 4.06. The van der Waals surface area contributed by atoms with Crippen molar-refractivity contribution in [1.82, 2.24) is 5.32 Å². The lowest BCUT2D eigenvalue weighted by Crippen LogP contribution is -2.45. The van der Waals surface area contributed by atoms with Crippen LogP contribution in [0.3, 0.4) is 0 Å². The quantitative estimate of drug-likeness (QED) is 0.195. The number of ether oxygens (including phenoxy) is 4. The van der Waals surface area contributed by atoms with Gasteiger partial charge in [-0.3, -0.25) is 5.32 Å². The first-order valence-corrected chi connectivity index (χ1v) is 12.6. The van der Waals surface area contributed by atoms with E-state index in [9.17, 15) is 9.59 Å². The van der Waals surface area contributed by atoms with Crippen LogP contribution in [0, 0.1) is 6.92 Å². The highest BCUT2D eigenvalue weighted by Crippen LogP contribution is 2.32. The number of esters is 2. The molecular weight excluding hydrogens is 482 g/mol. The molecular formula is C31H35NO6. The smallest absolute Gasteiger partial charge is 0.334 e. The van der Waals surface area contributed by atoms with Crippen molar-refractivity contribution < 1.29 is 28.5 Å². The van der Waals surface area contributed by atoms with Crippen LogP contribution in [0.1, 0.15) is 36.1 Å². The van der Waals surface area contributed by atoms with Gasteiger partial charge in [0.05, 0.1) is 27.4 Å². The molecule has 0 fully saturated rings. The Labute approximate surface area is 224 Å². The molecule has 0 saturated heterocycles. The first-order chi connectivity index (χ1) is 18.4. The Morgan fingerprint density at radius 2 is 1.45 bits per heavy atom. The monoisotopic (exact) mass is 517 g/mol. The zero-order chi connectivity index (χ0) is 27.5. The zero-order valence-corrected chi connectivity index (χ0v) is 22.6. The molecule has 3 aromatic rings. The Balaban J connectivity index is 1.87. The van der Waals surface area contributed by atoms with Crippen LogP contribution in [-0.4, -0.2) is 45.4 Å². The van der Waals surface area contributed by atoms with E-state index in [1.165, 1.54) is 16.7 Å². The van der Waals surface area contributed by atoms with Gasteiger partial charge >= 0.3 is 11.9 Å². The predicted molar refractivity (Wildman–Crippen MR) is 149 cm³/mol. The number of hydrogen-bond acceptors (Lipinski definition) is 7. The normalized spacial score (nSPS) is 11.0. The summed E-state index contributed by atoms with van der Waals surface area (Å²) in [5.74, 6) is -0.288. The summed E-state index contributed by atoms with van der Waals surface area (Å²) < 4.78 is 21.4. The molecule has 0 aliphatic rings. The molecule has 38 heavy (non-hydrogen) atoms. The Bertz CT molecular complexity index is 1230. The summed E-state index contributed by atoms with van der Waals surface area (Å²) in [6.45, 7) is 5.89. The minimum atomic E-state index is -1.26. The van der Waals surface area contributed by atoms with Gasteiger partial charge in [0.25, 0.3) is 0 Å². The van der Waals surface area contributed by atoms with E-state index in [-0.39, 0.29) is 19.8 Å². The van der Waals surface area contributed by atoms with Crippen LogP contribution in [0.15, 0.2) is 60.7 Å². The van der Waals surface area contributed by atoms with Gasteiger partial charge in [-0.15, -0.1) is 0 Å². The van der Waals surface area contributed by atoms with Crippen molar-refractivity contribution in [3.63, 3.8) is 0 Å². The number of carbonyl (C=O) groups excluding carboxylic acids is 2. The summed E-state index contributed by atoms with van der Waals surface area (Å²) in [6, 6.07) is 19.0. The molecule has 0 radical (unpaired) electrons. The third-order valence-electron chi connectivity index (χ3n) is 6.07. The van der Waals surface area contributed by atoms with Gasteiger partial charge in [0.15, 0.2) is 0 Å². The van der Waals surface area contributed by atoms with Crippen LogP contribution in [0.2, 0.25) is 0 Å². The van der Waals surface area contributed by atoms with Crippen LogP contribution < -0.4 is 14.8 Å². The van der Waals surface area contributed by atoms with Gasteiger partial charge in [0.1, 0.15) is 11.5 Å². The van der Waals surface area contributed by atoms with Gasteiger partial charge < -0.3 is 18.9 Å². The number of hydrogen-bond donors (Lipinski definition) is 1. The molecule has 3 rings (SSSR count). The lowest BCUT2D eigenvalue weighted by atomic mass is 9.96. The molecule has 0 aromatic heterocycles. The Kier molecular flexibility index (Phi) is 10.5. The molecule has 0 atom stereocenters. The molecule has 0 spiro atoms. The molecule has 7 heteroatoms. The standard InChI is InChI=1S/C31H35NO6/c1-6-37-30(33)29(31(34)38-7-2)32-20-26-27(35-4)18-22(19-28(26)36-5)16-17-23-14-11-15-25(21(23)3)24-12-9-8-10-13-24/h8-19,29,32H,6-7,20H2,1-5H3/b17-16+. The molecule has 0 heterocycles. The van der Waals surface area contributed by atoms with Crippen molar-refractivity contribution in [3.8, 4) is 22.6 Å². The molecule has 0 aliphatic carbocycles. The molecule has 7 nitrogen and oxygen atoms in total. The van der Waals surface area contributed by atoms with Crippen molar-refractivity contribution in [2.75, 3.05) is 27.4 Å². The number of nitrogens with one attached hydrogen (secondary N) is 1. The van der Waals surface area contributed by atoms with Gasteiger partial charge in [-0.2, -0.15) is 0 Å². The number of benzene rings is 3. The second kappa shape index (κ2) is 14.0. The van der Waals surface area contributed by atoms with Crippen molar-refractivity contribution in [2.45, 2.75) is 33.4 Å². The van der Waals surface area contributed by atoms with Gasteiger partial charge in [0.2, 0.25) is 6.04 Å². The van der Waals surface area contributed by atoms with Crippen LogP contribution in [0.5, 0.6) is 11.5 Å². The second-order valence-corrected chi connectivity index (χ2v) is 8.44. The zero-order valence-electron chi connectivity index (χ0n) is 22.6. The lowest BCUT2D eigenvalue weighted by Gasteiger charge is -2.19. The van der Waals surface area contributed by atoms with E-state index in [1.54, 1.807) is 28.1 Å². The highest BCUT2D eigenvalue weighted by molar-refractivity contribution is 5.99. The minimum Gasteiger partial charge on any atom is -0.496 e. The van der Waals surface area contributed by atoms with Gasteiger partial charge in [-0.1, -0.05) is 60.7 Å². The molecule has 3 aromatic carbocycles. The van der Waals surface area contributed by atoms with E-state index in [2.05, 4.69) is 48.6 Å². The summed E-state index contributed by atoms with van der Waals surface area (Å²) in [7, 11) is 3.13. The fourth-order valence-electron chi connectivity index (χ4n) is 4.14. The first kappa shape index (κ1) is 28.5. The molecule has 0 aliphatic heterocycles. The van der Waals surface area contributed by atoms with E-state index in [1.807, 2.05) is 36.4 Å². The number of rotatable bonds is 12. The number of methoxy groups -OCH3 is 2. The van der Waals surface area contributed by atoms with Crippen LogP contribution in [0.25, 0.3) is 23.3 Å².